The molecule has 0 bridgehead atoms. The van der Waals surface area contributed by atoms with Crippen LogP contribution in [-0.4, -0.2) is 18.9 Å². The van der Waals surface area contributed by atoms with Crippen LogP contribution in [-0.2, 0) is 0 Å². The van der Waals surface area contributed by atoms with Crippen LogP contribution in [0.2, 0.25) is 0 Å². The Labute approximate surface area is 98.1 Å². The minimum absolute atomic E-state index is 0.125. The molecule has 0 radical (unpaired) electrons. The Hall–Kier alpha value is -1.15. The number of carbonyl (C=O) groups is 1. The molecule has 1 aliphatic rings. The molecule has 2 rings (SSSR count). The van der Waals surface area contributed by atoms with Crippen molar-refractivity contribution in [2.45, 2.75) is 33.1 Å². The van der Waals surface area contributed by atoms with Gasteiger partial charge in [-0.3, -0.25) is 4.79 Å². The number of rotatable bonds is 1. The summed E-state index contributed by atoms with van der Waals surface area (Å²) in [4.78, 5) is 10.8. The predicted octanol–water partition coefficient (Wildman–Crippen LogP) is 2.96. The third kappa shape index (κ3) is 5.08. The number of nitrogens with one attached hydrogen (secondary N) is 1. The Balaban J connectivity index is 0.000000181. The van der Waals surface area contributed by atoms with Crippen molar-refractivity contribution in [3.8, 4) is 0 Å². The highest BCUT2D eigenvalue weighted by Gasteiger charge is 1.95. The quantitative estimate of drug-likeness (QED) is 0.736. The average molecular weight is 219 g/mol. The number of Topliss-reactive ketones (excluding diaryl/α,β-unsaturated/α-hetero) is 1. The molecule has 0 aliphatic carbocycles. The highest BCUT2D eigenvalue weighted by Crippen LogP contribution is 2.02. The first-order valence-corrected chi connectivity index (χ1v) is 5.98. The first-order chi connectivity index (χ1) is 7.70. The zero-order valence-electron chi connectivity index (χ0n) is 10.3. The molecule has 1 aliphatic heterocycles. The summed E-state index contributed by atoms with van der Waals surface area (Å²) >= 11 is 0. The van der Waals surface area contributed by atoms with Gasteiger partial charge in [-0.15, -0.1) is 0 Å². The third-order valence-corrected chi connectivity index (χ3v) is 2.67. The smallest absolute Gasteiger partial charge is 0.159 e. The molecule has 1 saturated heterocycles. The van der Waals surface area contributed by atoms with E-state index in [1.54, 1.807) is 6.92 Å². The maximum Gasteiger partial charge on any atom is 0.159 e. The molecule has 88 valence electrons. The second kappa shape index (κ2) is 7.18. The van der Waals surface area contributed by atoms with E-state index in [1.807, 2.05) is 31.2 Å². The maximum atomic E-state index is 10.8. The summed E-state index contributed by atoms with van der Waals surface area (Å²) in [5.74, 6) is 0.125. The van der Waals surface area contributed by atoms with Crippen molar-refractivity contribution in [2.75, 3.05) is 13.1 Å². The topological polar surface area (TPSA) is 29.1 Å². The standard InChI is InChI=1S/C9H10O.C5H11N/c1-7-3-5-9(6-4-7)8(2)10;1-2-4-6-5-3-1/h3-6H,1-2H3;6H,1-5H2. The van der Waals surface area contributed by atoms with E-state index in [0.29, 0.717) is 0 Å². The number of benzene rings is 1. The lowest BCUT2D eigenvalue weighted by Crippen LogP contribution is -2.21. The van der Waals surface area contributed by atoms with Crippen molar-refractivity contribution in [3.05, 3.63) is 35.4 Å². The lowest BCUT2D eigenvalue weighted by Gasteiger charge is -2.08. The monoisotopic (exact) mass is 219 g/mol. The minimum Gasteiger partial charge on any atom is -0.317 e. The Morgan fingerprint density at radius 3 is 1.94 bits per heavy atom. The lowest BCUT2D eigenvalue weighted by atomic mass is 10.1. The first kappa shape index (κ1) is 12.9. The zero-order valence-corrected chi connectivity index (χ0v) is 10.3. The summed E-state index contributed by atoms with van der Waals surface area (Å²) in [6.07, 6.45) is 4.22. The van der Waals surface area contributed by atoms with Crippen LogP contribution in [0.1, 0.15) is 42.1 Å². The highest BCUT2D eigenvalue weighted by atomic mass is 16.1. The Bertz CT molecular complexity index is 301. The summed E-state index contributed by atoms with van der Waals surface area (Å²) in [5.41, 5.74) is 1.97. The van der Waals surface area contributed by atoms with Crippen molar-refractivity contribution in [1.29, 1.82) is 0 Å². The van der Waals surface area contributed by atoms with Crippen LogP contribution < -0.4 is 5.32 Å². The van der Waals surface area contributed by atoms with Gasteiger partial charge < -0.3 is 5.32 Å². The van der Waals surface area contributed by atoms with Crippen LogP contribution in [0.5, 0.6) is 0 Å². The van der Waals surface area contributed by atoms with Crippen LogP contribution in [0.4, 0.5) is 0 Å². The van der Waals surface area contributed by atoms with Gasteiger partial charge in [-0.1, -0.05) is 36.2 Å². The molecule has 0 saturated carbocycles. The van der Waals surface area contributed by atoms with Gasteiger partial charge in [0.05, 0.1) is 0 Å². The SMILES string of the molecule is C1CCNCC1.CC(=O)c1ccc(C)cc1. The molecule has 0 aromatic heterocycles. The van der Waals surface area contributed by atoms with Crippen molar-refractivity contribution >= 4 is 5.78 Å². The van der Waals surface area contributed by atoms with Crippen molar-refractivity contribution in [3.63, 3.8) is 0 Å². The van der Waals surface area contributed by atoms with Gasteiger partial charge in [0.15, 0.2) is 5.78 Å². The van der Waals surface area contributed by atoms with E-state index in [-0.39, 0.29) is 5.78 Å². The van der Waals surface area contributed by atoms with E-state index < -0.39 is 0 Å². The maximum absolute atomic E-state index is 10.8. The largest absolute Gasteiger partial charge is 0.317 e. The fourth-order valence-corrected chi connectivity index (χ4v) is 1.59. The molecule has 2 heteroatoms. The molecule has 1 N–H and O–H groups in total. The average Bonchev–Trinajstić information content (AvgIpc) is 2.32. The summed E-state index contributed by atoms with van der Waals surface area (Å²) in [6.45, 7) is 6.08. The van der Waals surface area contributed by atoms with E-state index >= 15 is 0 Å². The van der Waals surface area contributed by atoms with Gasteiger partial charge in [0.2, 0.25) is 0 Å². The van der Waals surface area contributed by atoms with Crippen LogP contribution in [0.3, 0.4) is 0 Å². The van der Waals surface area contributed by atoms with Crippen molar-refractivity contribution in [2.24, 2.45) is 0 Å². The second-order valence-electron chi connectivity index (χ2n) is 4.23. The van der Waals surface area contributed by atoms with Gasteiger partial charge in [0.25, 0.3) is 0 Å². The van der Waals surface area contributed by atoms with Crippen LogP contribution in [0.15, 0.2) is 24.3 Å². The first-order valence-electron chi connectivity index (χ1n) is 5.98. The van der Waals surface area contributed by atoms with Gasteiger partial charge in [-0.25, -0.2) is 0 Å². The summed E-state index contributed by atoms with van der Waals surface area (Å²) in [7, 11) is 0. The molecule has 1 heterocycles. The molecule has 0 amide bonds. The summed E-state index contributed by atoms with van der Waals surface area (Å²) < 4.78 is 0. The van der Waals surface area contributed by atoms with Gasteiger partial charge in [0, 0.05) is 5.56 Å². The third-order valence-electron chi connectivity index (χ3n) is 2.67. The molecule has 0 spiro atoms. The normalized spacial score (nSPS) is 14.9. The van der Waals surface area contributed by atoms with Crippen LogP contribution in [0.25, 0.3) is 0 Å². The van der Waals surface area contributed by atoms with E-state index in [4.69, 9.17) is 0 Å². The molecule has 2 nitrogen and oxygen atoms in total. The van der Waals surface area contributed by atoms with Gasteiger partial charge in [-0.2, -0.15) is 0 Å². The Morgan fingerprint density at radius 2 is 1.62 bits per heavy atom. The minimum atomic E-state index is 0.125. The number of carbonyl (C=O) groups excluding carboxylic acids is 1. The molecular formula is C14H21NO. The molecule has 1 aromatic carbocycles. The van der Waals surface area contributed by atoms with Gasteiger partial charge >= 0.3 is 0 Å². The van der Waals surface area contributed by atoms with Gasteiger partial charge in [-0.05, 0) is 39.8 Å². The number of piperidine rings is 1. The zero-order chi connectivity index (χ0) is 11.8. The number of aryl methyl sites for hydroxylation is 1. The molecular weight excluding hydrogens is 198 g/mol. The molecule has 1 fully saturated rings. The van der Waals surface area contributed by atoms with E-state index in [0.717, 1.165) is 5.56 Å². The Morgan fingerprint density at radius 1 is 1.06 bits per heavy atom. The fourth-order valence-electron chi connectivity index (χ4n) is 1.59. The Kier molecular flexibility index (Phi) is 5.79. The van der Waals surface area contributed by atoms with E-state index in [9.17, 15) is 4.79 Å². The molecule has 16 heavy (non-hydrogen) atoms. The summed E-state index contributed by atoms with van der Waals surface area (Å²) in [6, 6.07) is 7.57. The molecule has 0 atom stereocenters. The lowest BCUT2D eigenvalue weighted by molar-refractivity contribution is 0.101. The van der Waals surface area contributed by atoms with Crippen molar-refractivity contribution < 1.29 is 4.79 Å². The highest BCUT2D eigenvalue weighted by molar-refractivity contribution is 5.93. The van der Waals surface area contributed by atoms with Crippen LogP contribution in [0, 0.1) is 6.92 Å². The van der Waals surface area contributed by atoms with E-state index in [1.165, 1.54) is 37.9 Å². The summed E-state index contributed by atoms with van der Waals surface area (Å²) in [5, 5.41) is 3.28. The predicted molar refractivity (Wildman–Crippen MR) is 67.9 cm³/mol. The number of hydrogen-bond acceptors (Lipinski definition) is 2. The fraction of sp³-hybridized carbons (Fsp3) is 0.500. The molecule has 0 unspecified atom stereocenters. The number of hydrogen-bond donors (Lipinski definition) is 1. The van der Waals surface area contributed by atoms with Gasteiger partial charge in [0.1, 0.15) is 0 Å². The van der Waals surface area contributed by atoms with E-state index in [2.05, 4.69) is 5.32 Å². The second-order valence-corrected chi connectivity index (χ2v) is 4.23. The number of ketones is 1. The molecule has 1 aromatic rings. The van der Waals surface area contributed by atoms with Crippen LogP contribution >= 0.6 is 0 Å². The van der Waals surface area contributed by atoms with Crippen molar-refractivity contribution in [1.82, 2.24) is 5.32 Å².